The van der Waals surface area contributed by atoms with Crippen LogP contribution in [0.25, 0.3) is 0 Å². The molecule has 1 aliphatic carbocycles. The van der Waals surface area contributed by atoms with Crippen LogP contribution in [0.4, 0.5) is 0 Å². The number of hydrogen-bond donors (Lipinski definition) is 0. The monoisotopic (exact) mass is 306 g/mol. The average Bonchev–Trinajstić information content (AvgIpc) is 2.63. The first-order valence-electron chi connectivity index (χ1n) is 6.25. The van der Waals surface area contributed by atoms with E-state index in [0.29, 0.717) is 20.8 Å². The van der Waals surface area contributed by atoms with E-state index >= 15 is 0 Å². The normalized spacial score (nSPS) is 14.5. The van der Waals surface area contributed by atoms with Crippen molar-refractivity contribution in [1.29, 1.82) is 0 Å². The molecule has 0 aromatic carbocycles. The molecule has 0 aliphatic heterocycles. The number of Topliss-reactive ketones (excluding diaryl/α,β-unsaturated/α-hetero) is 2. The minimum Gasteiger partial charge on any atom is -0.403 e. The maximum atomic E-state index is 10.7. The molecule has 1 aliphatic rings. The van der Waals surface area contributed by atoms with Crippen LogP contribution in [-0.2, 0) is 26.7 Å². The van der Waals surface area contributed by atoms with Gasteiger partial charge in [0.1, 0.15) is 0 Å². The Hall–Kier alpha value is 0.159. The molecule has 1 saturated carbocycles. The molecular weight excluding hydrogens is 283 g/mol. The van der Waals surface area contributed by atoms with Crippen molar-refractivity contribution >= 4 is 19.5 Å². The first kappa shape index (κ1) is 19.5. The molecule has 1 fully saturated rings. The van der Waals surface area contributed by atoms with E-state index in [-0.39, 0.29) is 28.6 Å². The molecule has 4 heteroatoms. The SMILES string of the molecule is CCP(CC)CC.CC[C-]1CCC(=O)C1=O.[Cu+]. The summed E-state index contributed by atoms with van der Waals surface area (Å²) in [5, 5.41) is 0. The summed E-state index contributed by atoms with van der Waals surface area (Å²) >= 11 is 0. The predicted octanol–water partition coefficient (Wildman–Crippen LogP) is 3.43. The third-order valence-electron chi connectivity index (χ3n) is 3.00. The molecule has 17 heavy (non-hydrogen) atoms. The van der Waals surface area contributed by atoms with Crippen LogP contribution in [-0.4, -0.2) is 30.1 Å². The van der Waals surface area contributed by atoms with Crippen LogP contribution in [0.3, 0.4) is 0 Å². The average molecular weight is 307 g/mol. The van der Waals surface area contributed by atoms with Gasteiger partial charge in [-0.15, -0.1) is 14.3 Å². The zero-order chi connectivity index (χ0) is 12.6. The second-order valence-electron chi connectivity index (χ2n) is 3.83. The van der Waals surface area contributed by atoms with Crippen LogP contribution in [0.2, 0.25) is 0 Å². The van der Waals surface area contributed by atoms with Crippen molar-refractivity contribution in [3.05, 3.63) is 5.92 Å². The topological polar surface area (TPSA) is 34.1 Å². The quantitative estimate of drug-likeness (QED) is 0.345. The van der Waals surface area contributed by atoms with Crippen LogP contribution in [0.1, 0.15) is 47.0 Å². The second kappa shape index (κ2) is 11.3. The summed E-state index contributed by atoms with van der Waals surface area (Å²) in [5.74, 6) is 0.379. The molecule has 0 heterocycles. The minimum atomic E-state index is -0.225. The van der Waals surface area contributed by atoms with E-state index < -0.39 is 0 Å². The van der Waals surface area contributed by atoms with Gasteiger partial charge >= 0.3 is 17.1 Å². The molecule has 104 valence electrons. The van der Waals surface area contributed by atoms with Gasteiger partial charge in [-0.25, -0.2) is 0 Å². The molecule has 0 amide bonds. The molecule has 0 atom stereocenters. The van der Waals surface area contributed by atoms with Crippen LogP contribution in [0, 0.1) is 5.92 Å². The molecule has 0 saturated heterocycles. The third kappa shape index (κ3) is 7.24. The minimum absolute atomic E-state index is 0. The maximum absolute atomic E-state index is 10.7. The number of ketones is 2. The summed E-state index contributed by atoms with van der Waals surface area (Å²) in [4.78, 5) is 21.3. The zero-order valence-corrected chi connectivity index (χ0v) is 13.1. The fourth-order valence-electron chi connectivity index (χ4n) is 1.70. The third-order valence-corrected chi connectivity index (χ3v) is 5.68. The Morgan fingerprint density at radius 1 is 1.06 bits per heavy atom. The van der Waals surface area contributed by atoms with Gasteiger partial charge in [-0.05, 0) is 18.5 Å². The molecule has 0 aromatic rings. The van der Waals surface area contributed by atoms with Crippen molar-refractivity contribution in [2.75, 3.05) is 18.5 Å². The van der Waals surface area contributed by atoms with Crippen molar-refractivity contribution in [1.82, 2.24) is 0 Å². The Labute approximate surface area is 118 Å². The van der Waals surface area contributed by atoms with Gasteiger partial charge in [0.2, 0.25) is 0 Å². The largest absolute Gasteiger partial charge is 1.00 e. The van der Waals surface area contributed by atoms with Crippen molar-refractivity contribution in [2.24, 2.45) is 0 Å². The Balaban J connectivity index is 0. The van der Waals surface area contributed by atoms with E-state index in [1.54, 1.807) is 0 Å². The van der Waals surface area contributed by atoms with Gasteiger partial charge in [0.25, 0.3) is 0 Å². The van der Waals surface area contributed by atoms with Crippen LogP contribution >= 0.6 is 7.92 Å². The fraction of sp³-hybridized carbons (Fsp3) is 0.769. The fourth-order valence-corrected chi connectivity index (χ4v) is 3.04. The van der Waals surface area contributed by atoms with E-state index in [4.69, 9.17) is 0 Å². The number of carbonyl (C=O) groups is 2. The van der Waals surface area contributed by atoms with E-state index in [2.05, 4.69) is 20.8 Å². The van der Waals surface area contributed by atoms with E-state index in [9.17, 15) is 9.59 Å². The van der Waals surface area contributed by atoms with Crippen molar-refractivity contribution in [3.8, 4) is 0 Å². The van der Waals surface area contributed by atoms with Crippen LogP contribution in [0.5, 0.6) is 0 Å². The van der Waals surface area contributed by atoms with Gasteiger partial charge in [0.15, 0.2) is 0 Å². The second-order valence-corrected chi connectivity index (χ2v) is 7.07. The van der Waals surface area contributed by atoms with E-state index in [0.717, 1.165) is 12.3 Å². The summed E-state index contributed by atoms with van der Waals surface area (Å²) in [6, 6.07) is 0. The first-order chi connectivity index (χ1) is 7.60. The molecule has 0 N–H and O–H groups in total. The van der Waals surface area contributed by atoms with E-state index in [1.165, 1.54) is 18.5 Å². The smallest absolute Gasteiger partial charge is 0.403 e. The summed E-state index contributed by atoms with van der Waals surface area (Å²) < 4.78 is 0. The molecule has 0 unspecified atom stereocenters. The van der Waals surface area contributed by atoms with Crippen molar-refractivity contribution in [3.63, 3.8) is 0 Å². The number of rotatable bonds is 4. The molecule has 0 spiro atoms. The van der Waals surface area contributed by atoms with Crippen molar-refractivity contribution in [2.45, 2.75) is 47.0 Å². The standard InChI is InChI=1S/C7H9O2.C6H15P.Cu/c1-2-5-3-4-6(8)7(5)9;1-4-7(5-2)6-3;/h2-4H2,1H3;4-6H2,1-3H3;/q-1;;+1. The van der Waals surface area contributed by atoms with Gasteiger partial charge in [-0.2, -0.15) is 5.92 Å². The number of hydrogen-bond acceptors (Lipinski definition) is 2. The summed E-state index contributed by atoms with van der Waals surface area (Å²) in [7, 11) is 0.446. The Morgan fingerprint density at radius 3 is 1.65 bits per heavy atom. The summed E-state index contributed by atoms with van der Waals surface area (Å²) in [5.41, 5.74) is 0. The predicted molar refractivity (Wildman–Crippen MR) is 71.3 cm³/mol. The molecule has 1 rings (SSSR count). The molecule has 2 nitrogen and oxygen atoms in total. The molecule has 0 radical (unpaired) electrons. The first-order valence-corrected chi connectivity index (χ1v) is 8.14. The van der Waals surface area contributed by atoms with Crippen LogP contribution < -0.4 is 0 Å². The zero-order valence-electron chi connectivity index (χ0n) is 11.3. The maximum Gasteiger partial charge on any atom is 1.00 e. The number of carbonyl (C=O) groups excluding carboxylic acids is 2. The Morgan fingerprint density at radius 2 is 1.53 bits per heavy atom. The van der Waals surface area contributed by atoms with Gasteiger partial charge in [0, 0.05) is 5.78 Å². The van der Waals surface area contributed by atoms with Gasteiger partial charge in [-0.3, -0.25) is 0 Å². The summed E-state index contributed by atoms with van der Waals surface area (Å²) in [6.07, 6.45) is 6.15. The van der Waals surface area contributed by atoms with Crippen LogP contribution in [0.15, 0.2) is 0 Å². The van der Waals surface area contributed by atoms with Gasteiger partial charge < -0.3 is 9.59 Å². The van der Waals surface area contributed by atoms with Crippen molar-refractivity contribution < 1.29 is 26.7 Å². The molecule has 0 bridgehead atoms. The Bertz CT molecular complexity index is 222. The van der Waals surface area contributed by atoms with Gasteiger partial charge in [0.05, 0.1) is 5.78 Å². The molecular formula is C13H24CuO2P. The molecule has 0 aromatic heterocycles. The van der Waals surface area contributed by atoms with E-state index in [1.807, 2.05) is 6.92 Å². The summed E-state index contributed by atoms with van der Waals surface area (Å²) in [6.45, 7) is 8.78. The Kier molecular flexibility index (Phi) is 12.9. The van der Waals surface area contributed by atoms with Gasteiger partial charge in [-0.1, -0.05) is 40.5 Å².